The van der Waals surface area contributed by atoms with Crippen LogP contribution in [-0.2, 0) is 4.79 Å². The lowest BCUT2D eigenvalue weighted by Gasteiger charge is -2.29. The molecule has 2 unspecified atom stereocenters. The van der Waals surface area contributed by atoms with Gasteiger partial charge < -0.3 is 10.4 Å². The summed E-state index contributed by atoms with van der Waals surface area (Å²) in [5, 5.41) is 11.7. The van der Waals surface area contributed by atoms with E-state index < -0.39 is 5.97 Å². The molecule has 1 aromatic rings. The van der Waals surface area contributed by atoms with Gasteiger partial charge in [0.25, 0.3) is 5.91 Å². The van der Waals surface area contributed by atoms with Crippen LogP contribution in [0.1, 0.15) is 48.5 Å². The fraction of sp³-hybridized carbons (Fsp3) is 0.438. The van der Waals surface area contributed by atoms with Gasteiger partial charge in [0.2, 0.25) is 0 Å². The predicted molar refractivity (Wildman–Crippen MR) is 79.8 cm³/mol. The number of nitrogens with one attached hydrogen (secondary N) is 1. The molecule has 2 atom stereocenters. The highest BCUT2D eigenvalue weighted by Crippen LogP contribution is 2.24. The minimum absolute atomic E-state index is 0.146. The number of aliphatic carboxylic acids is 1. The van der Waals surface area contributed by atoms with E-state index in [0.717, 1.165) is 25.3 Å². The smallest absolute Gasteiger partial charge is 0.328 e. The number of rotatable bonds is 4. The van der Waals surface area contributed by atoms with Crippen LogP contribution in [0.3, 0.4) is 0 Å². The Labute approximate surface area is 124 Å². The molecule has 1 heterocycles. The summed E-state index contributed by atoms with van der Waals surface area (Å²) in [5.41, 5.74) is 1.06. The fourth-order valence-electron chi connectivity index (χ4n) is 2.62. The molecular weight excluding hydrogens is 268 g/mol. The molecule has 0 radical (unpaired) electrons. The quantitative estimate of drug-likeness (QED) is 0.834. The van der Waals surface area contributed by atoms with Crippen LogP contribution in [0, 0.1) is 5.92 Å². The first kappa shape index (κ1) is 15.2. The van der Waals surface area contributed by atoms with Gasteiger partial charge in [-0.1, -0.05) is 19.8 Å². The third-order valence-corrected chi connectivity index (χ3v) is 3.87. The summed E-state index contributed by atoms with van der Waals surface area (Å²) in [7, 11) is 0. The minimum atomic E-state index is -1.03. The number of hydrogen-bond acceptors (Lipinski definition) is 3. The molecule has 1 fully saturated rings. The fourth-order valence-corrected chi connectivity index (χ4v) is 2.62. The van der Waals surface area contributed by atoms with Crippen LogP contribution < -0.4 is 5.32 Å². The van der Waals surface area contributed by atoms with Gasteiger partial charge in [-0.15, -0.1) is 0 Å². The summed E-state index contributed by atoms with van der Waals surface area (Å²) < 4.78 is 0. The van der Waals surface area contributed by atoms with Crippen molar-refractivity contribution in [2.24, 2.45) is 5.92 Å². The van der Waals surface area contributed by atoms with Gasteiger partial charge in [0.15, 0.2) is 0 Å². The number of carboxylic acids is 1. The minimum Gasteiger partial charge on any atom is -0.478 e. The van der Waals surface area contributed by atoms with Crippen molar-refractivity contribution < 1.29 is 14.7 Å². The monoisotopic (exact) mass is 288 g/mol. The number of aromatic nitrogens is 1. The van der Waals surface area contributed by atoms with Gasteiger partial charge in [-0.2, -0.15) is 0 Å². The van der Waals surface area contributed by atoms with E-state index in [4.69, 9.17) is 5.11 Å². The highest BCUT2D eigenvalue weighted by atomic mass is 16.4. The van der Waals surface area contributed by atoms with Crippen LogP contribution in [-0.4, -0.2) is 28.0 Å². The van der Waals surface area contributed by atoms with Gasteiger partial charge in [0, 0.05) is 24.5 Å². The standard InChI is InChI=1S/C16H20N2O3/c1-11-4-2-3-5-14(11)18-16(21)13-8-12(9-17-10-13)6-7-15(19)20/h6-11,14H,2-5H2,1H3,(H,18,21)(H,19,20). The molecule has 1 aliphatic rings. The van der Waals surface area contributed by atoms with Crippen molar-refractivity contribution in [3.05, 3.63) is 35.7 Å². The van der Waals surface area contributed by atoms with Crippen molar-refractivity contribution in [2.45, 2.75) is 38.6 Å². The lowest BCUT2D eigenvalue weighted by molar-refractivity contribution is -0.131. The second-order valence-corrected chi connectivity index (χ2v) is 5.52. The van der Waals surface area contributed by atoms with Crippen LogP contribution in [0.5, 0.6) is 0 Å². The summed E-state index contributed by atoms with van der Waals surface area (Å²) in [6.45, 7) is 2.16. The average Bonchev–Trinajstić information content (AvgIpc) is 2.48. The first-order valence-electron chi connectivity index (χ1n) is 7.23. The number of carbonyl (C=O) groups is 2. The Kier molecular flexibility index (Phi) is 5.09. The largest absolute Gasteiger partial charge is 0.478 e. The molecule has 2 N–H and O–H groups in total. The Morgan fingerprint density at radius 1 is 1.33 bits per heavy atom. The van der Waals surface area contributed by atoms with Gasteiger partial charge >= 0.3 is 5.97 Å². The Morgan fingerprint density at radius 2 is 2.10 bits per heavy atom. The molecule has 5 heteroatoms. The number of nitrogens with zero attached hydrogens (tertiary/aromatic N) is 1. The first-order chi connectivity index (χ1) is 10.1. The molecule has 5 nitrogen and oxygen atoms in total. The van der Waals surface area contributed by atoms with Crippen molar-refractivity contribution >= 4 is 18.0 Å². The summed E-state index contributed by atoms with van der Waals surface area (Å²) >= 11 is 0. The SMILES string of the molecule is CC1CCCCC1NC(=O)c1cncc(C=CC(=O)O)c1. The molecular formula is C16H20N2O3. The molecule has 0 saturated heterocycles. The van der Waals surface area contributed by atoms with Crippen molar-refractivity contribution in [3.8, 4) is 0 Å². The number of amides is 1. The second-order valence-electron chi connectivity index (χ2n) is 5.52. The molecule has 2 rings (SSSR count). The van der Waals surface area contributed by atoms with E-state index in [9.17, 15) is 9.59 Å². The van der Waals surface area contributed by atoms with Crippen molar-refractivity contribution in [1.29, 1.82) is 0 Å². The van der Waals surface area contributed by atoms with E-state index >= 15 is 0 Å². The predicted octanol–water partition coefficient (Wildman–Crippen LogP) is 2.49. The second kappa shape index (κ2) is 7.02. The third kappa shape index (κ3) is 4.41. The maximum absolute atomic E-state index is 12.3. The van der Waals surface area contributed by atoms with Crippen LogP contribution in [0.2, 0.25) is 0 Å². The maximum Gasteiger partial charge on any atom is 0.328 e. The van der Waals surface area contributed by atoms with Gasteiger partial charge in [-0.3, -0.25) is 9.78 Å². The number of hydrogen-bond donors (Lipinski definition) is 2. The van der Waals surface area contributed by atoms with Gasteiger partial charge in [-0.25, -0.2) is 4.79 Å². The molecule has 1 aliphatic carbocycles. The molecule has 0 aromatic carbocycles. The van der Waals surface area contributed by atoms with Crippen LogP contribution in [0.4, 0.5) is 0 Å². The highest BCUT2D eigenvalue weighted by molar-refractivity contribution is 5.95. The van der Waals surface area contributed by atoms with Crippen LogP contribution >= 0.6 is 0 Å². The van der Waals surface area contributed by atoms with E-state index in [1.807, 2.05) is 0 Å². The van der Waals surface area contributed by atoms with Crippen LogP contribution in [0.25, 0.3) is 6.08 Å². The van der Waals surface area contributed by atoms with E-state index in [2.05, 4.69) is 17.2 Å². The molecule has 21 heavy (non-hydrogen) atoms. The van der Waals surface area contributed by atoms with E-state index in [1.54, 1.807) is 6.07 Å². The topological polar surface area (TPSA) is 79.3 Å². The molecule has 112 valence electrons. The van der Waals surface area contributed by atoms with Gasteiger partial charge in [0.05, 0.1) is 5.56 Å². The summed E-state index contributed by atoms with van der Waals surface area (Å²) in [6.07, 6.45) is 10.0. The summed E-state index contributed by atoms with van der Waals surface area (Å²) in [4.78, 5) is 26.8. The number of carbonyl (C=O) groups excluding carboxylic acids is 1. The maximum atomic E-state index is 12.3. The van der Waals surface area contributed by atoms with E-state index in [1.165, 1.54) is 24.9 Å². The van der Waals surface area contributed by atoms with Gasteiger partial charge in [-0.05, 0) is 36.5 Å². The zero-order valence-corrected chi connectivity index (χ0v) is 12.1. The summed E-state index contributed by atoms with van der Waals surface area (Å²) in [6, 6.07) is 1.86. The lowest BCUT2D eigenvalue weighted by atomic mass is 9.86. The lowest BCUT2D eigenvalue weighted by Crippen LogP contribution is -2.41. The van der Waals surface area contributed by atoms with Crippen molar-refractivity contribution in [3.63, 3.8) is 0 Å². The Hall–Kier alpha value is -2.17. The molecule has 1 amide bonds. The molecule has 1 aromatic heterocycles. The van der Waals surface area contributed by atoms with E-state index in [0.29, 0.717) is 17.0 Å². The zero-order valence-electron chi connectivity index (χ0n) is 12.1. The normalized spacial score (nSPS) is 22.1. The van der Waals surface area contributed by atoms with Gasteiger partial charge in [0.1, 0.15) is 0 Å². The summed E-state index contributed by atoms with van der Waals surface area (Å²) in [5.74, 6) is -0.682. The van der Waals surface area contributed by atoms with E-state index in [-0.39, 0.29) is 11.9 Å². The third-order valence-electron chi connectivity index (χ3n) is 3.87. The number of pyridine rings is 1. The Balaban J connectivity index is 2.05. The van der Waals surface area contributed by atoms with Crippen LogP contribution in [0.15, 0.2) is 24.5 Å². The first-order valence-corrected chi connectivity index (χ1v) is 7.23. The number of carboxylic acid groups (broad SMARTS) is 1. The van der Waals surface area contributed by atoms with Crippen molar-refractivity contribution in [2.75, 3.05) is 0 Å². The zero-order chi connectivity index (χ0) is 15.2. The van der Waals surface area contributed by atoms with Crippen molar-refractivity contribution in [1.82, 2.24) is 10.3 Å². The average molecular weight is 288 g/mol. The highest BCUT2D eigenvalue weighted by Gasteiger charge is 2.23. The molecule has 0 spiro atoms. The molecule has 1 saturated carbocycles. The molecule has 0 aliphatic heterocycles. The molecule has 0 bridgehead atoms. The Morgan fingerprint density at radius 3 is 2.81 bits per heavy atom. The Bertz CT molecular complexity index is 554.